The number of likely N-dealkylation sites (tertiary alicyclic amines) is 1. The first-order valence-corrected chi connectivity index (χ1v) is 10.1. The highest BCUT2D eigenvalue weighted by molar-refractivity contribution is 14.0. The van der Waals surface area contributed by atoms with E-state index in [9.17, 15) is 4.79 Å². The van der Waals surface area contributed by atoms with Crippen LogP contribution in [0.2, 0.25) is 0 Å². The fourth-order valence-corrected chi connectivity index (χ4v) is 4.18. The molecule has 0 saturated carbocycles. The van der Waals surface area contributed by atoms with Crippen molar-refractivity contribution >= 4 is 47.7 Å². The molecular formula is C17H32IN3O3S. The minimum Gasteiger partial charge on any atom is -0.466 e. The summed E-state index contributed by atoms with van der Waals surface area (Å²) in [6, 6.07) is 0. The van der Waals surface area contributed by atoms with E-state index in [-0.39, 0.29) is 40.6 Å². The van der Waals surface area contributed by atoms with Gasteiger partial charge in [0.2, 0.25) is 0 Å². The molecule has 2 aliphatic heterocycles. The number of aliphatic imine (C=N–C) groups is 1. The maximum atomic E-state index is 12.0. The molecule has 0 amide bonds. The molecule has 8 heteroatoms. The lowest BCUT2D eigenvalue weighted by molar-refractivity contribution is -0.149. The van der Waals surface area contributed by atoms with Crippen LogP contribution in [0.4, 0.5) is 0 Å². The van der Waals surface area contributed by atoms with Crippen LogP contribution in [0.5, 0.6) is 0 Å². The van der Waals surface area contributed by atoms with E-state index in [0.29, 0.717) is 13.2 Å². The molecule has 0 radical (unpaired) electrons. The van der Waals surface area contributed by atoms with Crippen LogP contribution in [0.15, 0.2) is 4.99 Å². The first-order chi connectivity index (χ1) is 11.6. The Bertz CT molecular complexity index is 445. The summed E-state index contributed by atoms with van der Waals surface area (Å²) in [7, 11) is 1.81. The lowest BCUT2D eigenvalue weighted by atomic mass is 9.98. The van der Waals surface area contributed by atoms with Gasteiger partial charge in [0.05, 0.1) is 12.5 Å². The first-order valence-electron chi connectivity index (χ1n) is 8.89. The summed E-state index contributed by atoms with van der Waals surface area (Å²) >= 11 is 1.91. The second-order valence-electron chi connectivity index (χ2n) is 6.44. The molecular weight excluding hydrogens is 453 g/mol. The van der Waals surface area contributed by atoms with E-state index in [1.54, 1.807) is 0 Å². The Labute approximate surface area is 172 Å². The minimum atomic E-state index is -0.0809. The predicted molar refractivity (Wildman–Crippen MR) is 114 cm³/mol. The van der Waals surface area contributed by atoms with Crippen LogP contribution < -0.4 is 5.32 Å². The van der Waals surface area contributed by atoms with Gasteiger partial charge in [-0.2, -0.15) is 11.8 Å². The molecule has 0 aromatic rings. The number of nitrogens with one attached hydrogen (secondary N) is 1. The van der Waals surface area contributed by atoms with Gasteiger partial charge in [-0.25, -0.2) is 0 Å². The molecule has 2 heterocycles. The summed E-state index contributed by atoms with van der Waals surface area (Å²) in [5.74, 6) is 0.765. The highest BCUT2D eigenvalue weighted by Crippen LogP contribution is 2.33. The van der Waals surface area contributed by atoms with Crippen LogP contribution in [-0.4, -0.2) is 74.3 Å². The van der Waals surface area contributed by atoms with E-state index in [1.165, 1.54) is 0 Å². The van der Waals surface area contributed by atoms with Gasteiger partial charge in [-0.3, -0.25) is 9.79 Å². The fourth-order valence-electron chi connectivity index (χ4n) is 3.39. The SMILES string of the molecule is CCOC(=O)C1CCCN(C(=NC)NCC2(SC)CCOCC2)C1.I. The molecule has 2 rings (SSSR count). The second kappa shape index (κ2) is 11.5. The highest BCUT2D eigenvalue weighted by atomic mass is 127. The molecule has 1 atom stereocenters. The van der Waals surface area contributed by atoms with E-state index in [0.717, 1.165) is 57.9 Å². The van der Waals surface area contributed by atoms with Crippen LogP contribution >= 0.6 is 35.7 Å². The van der Waals surface area contributed by atoms with Crippen LogP contribution in [0, 0.1) is 5.92 Å². The number of hydrogen-bond donors (Lipinski definition) is 1. The van der Waals surface area contributed by atoms with E-state index in [4.69, 9.17) is 9.47 Å². The number of carbonyl (C=O) groups excluding carboxylic acids is 1. The number of guanidine groups is 1. The van der Waals surface area contributed by atoms with E-state index in [1.807, 2.05) is 25.7 Å². The Morgan fingerprint density at radius 1 is 1.44 bits per heavy atom. The lowest BCUT2D eigenvalue weighted by Crippen LogP contribution is -2.52. The van der Waals surface area contributed by atoms with Gasteiger partial charge < -0.3 is 19.7 Å². The number of esters is 1. The van der Waals surface area contributed by atoms with Crippen molar-refractivity contribution in [2.24, 2.45) is 10.9 Å². The van der Waals surface area contributed by atoms with E-state index in [2.05, 4.69) is 21.5 Å². The molecule has 0 aromatic heterocycles. The van der Waals surface area contributed by atoms with Crippen molar-refractivity contribution in [3.05, 3.63) is 0 Å². The molecule has 6 nitrogen and oxygen atoms in total. The quantitative estimate of drug-likeness (QED) is 0.279. The summed E-state index contributed by atoms with van der Waals surface area (Å²) in [5, 5.41) is 3.54. The number of ether oxygens (including phenoxy) is 2. The van der Waals surface area contributed by atoms with Gasteiger partial charge in [-0.15, -0.1) is 24.0 Å². The summed E-state index contributed by atoms with van der Waals surface area (Å²) < 4.78 is 10.9. The highest BCUT2D eigenvalue weighted by Gasteiger charge is 2.33. The van der Waals surface area contributed by atoms with Crippen molar-refractivity contribution in [2.45, 2.75) is 37.4 Å². The van der Waals surface area contributed by atoms with Crippen molar-refractivity contribution in [1.29, 1.82) is 0 Å². The van der Waals surface area contributed by atoms with Gasteiger partial charge in [-0.1, -0.05) is 0 Å². The smallest absolute Gasteiger partial charge is 0.310 e. The molecule has 146 valence electrons. The van der Waals surface area contributed by atoms with Gasteiger partial charge in [0.1, 0.15) is 0 Å². The van der Waals surface area contributed by atoms with Gasteiger partial charge in [0.15, 0.2) is 5.96 Å². The molecule has 0 aliphatic carbocycles. The number of nitrogens with zero attached hydrogens (tertiary/aromatic N) is 2. The summed E-state index contributed by atoms with van der Waals surface area (Å²) in [6.07, 6.45) is 6.19. The number of hydrogen-bond acceptors (Lipinski definition) is 5. The van der Waals surface area contributed by atoms with Gasteiger partial charge in [-0.05, 0) is 38.9 Å². The maximum Gasteiger partial charge on any atom is 0.310 e. The van der Waals surface area contributed by atoms with Crippen molar-refractivity contribution in [1.82, 2.24) is 10.2 Å². The number of halogens is 1. The molecule has 2 aliphatic rings. The third-order valence-corrected chi connectivity index (χ3v) is 6.38. The van der Waals surface area contributed by atoms with Crippen LogP contribution in [0.25, 0.3) is 0 Å². The standard InChI is InChI=1S/C17H31N3O3S.HI/c1-4-23-15(21)14-6-5-9-20(12-14)16(18-2)19-13-17(24-3)7-10-22-11-8-17;/h14H,4-13H2,1-3H3,(H,18,19);1H. The van der Waals surface area contributed by atoms with E-state index >= 15 is 0 Å². The zero-order chi connectivity index (χ0) is 17.4. The first kappa shape index (κ1) is 22.8. The van der Waals surface area contributed by atoms with Crippen LogP contribution in [0.3, 0.4) is 0 Å². The van der Waals surface area contributed by atoms with Gasteiger partial charge >= 0.3 is 5.97 Å². The maximum absolute atomic E-state index is 12.0. The van der Waals surface area contributed by atoms with Gasteiger partial charge in [0.25, 0.3) is 0 Å². The van der Waals surface area contributed by atoms with Crippen molar-refractivity contribution in [3.63, 3.8) is 0 Å². The van der Waals surface area contributed by atoms with Crippen molar-refractivity contribution in [2.75, 3.05) is 52.8 Å². The minimum absolute atomic E-state index is 0. The third kappa shape index (κ3) is 6.46. The molecule has 25 heavy (non-hydrogen) atoms. The lowest BCUT2D eigenvalue weighted by Gasteiger charge is -2.38. The molecule has 2 fully saturated rings. The van der Waals surface area contributed by atoms with Crippen molar-refractivity contribution in [3.8, 4) is 0 Å². The summed E-state index contributed by atoms with van der Waals surface area (Å²) in [5.41, 5.74) is 0. The second-order valence-corrected chi connectivity index (χ2v) is 7.71. The number of rotatable bonds is 5. The topological polar surface area (TPSA) is 63.2 Å². The largest absolute Gasteiger partial charge is 0.466 e. The zero-order valence-electron chi connectivity index (χ0n) is 15.6. The number of piperidine rings is 1. The average molecular weight is 485 g/mol. The zero-order valence-corrected chi connectivity index (χ0v) is 18.7. The summed E-state index contributed by atoms with van der Waals surface area (Å²) in [4.78, 5) is 18.7. The predicted octanol–water partition coefficient (Wildman–Crippen LogP) is 2.37. The Morgan fingerprint density at radius 2 is 2.16 bits per heavy atom. The average Bonchev–Trinajstić information content (AvgIpc) is 2.63. The molecule has 1 unspecified atom stereocenters. The van der Waals surface area contributed by atoms with Gasteiger partial charge in [0, 0.05) is 44.6 Å². The fraction of sp³-hybridized carbons (Fsp3) is 0.882. The Hall–Kier alpha value is -0.220. The molecule has 0 bridgehead atoms. The molecule has 1 N–H and O–H groups in total. The number of carbonyl (C=O) groups is 1. The number of thioether (sulfide) groups is 1. The Kier molecular flexibility index (Phi) is 10.5. The van der Waals surface area contributed by atoms with Crippen molar-refractivity contribution < 1.29 is 14.3 Å². The van der Waals surface area contributed by atoms with E-state index < -0.39 is 0 Å². The Morgan fingerprint density at radius 3 is 2.76 bits per heavy atom. The van der Waals surface area contributed by atoms with Crippen LogP contribution in [0.1, 0.15) is 32.6 Å². The monoisotopic (exact) mass is 485 g/mol. The Balaban J connectivity index is 0.00000312. The summed E-state index contributed by atoms with van der Waals surface area (Å²) in [6.45, 7) is 6.46. The molecule has 2 saturated heterocycles. The normalized spacial score (nSPS) is 23.6. The van der Waals surface area contributed by atoms with Crippen LogP contribution in [-0.2, 0) is 14.3 Å². The molecule has 0 spiro atoms. The third-order valence-electron chi connectivity index (χ3n) is 4.96. The molecule has 0 aromatic carbocycles.